The highest BCUT2D eigenvalue weighted by Gasteiger charge is 2.29. The van der Waals surface area contributed by atoms with Gasteiger partial charge in [0.05, 0.1) is 0 Å². The Kier molecular flexibility index (Phi) is 3.21. The molecule has 0 radical (unpaired) electrons. The van der Waals surface area contributed by atoms with Gasteiger partial charge in [0.15, 0.2) is 0 Å². The van der Waals surface area contributed by atoms with E-state index < -0.39 is 0 Å². The van der Waals surface area contributed by atoms with Crippen LogP contribution in [-0.4, -0.2) is 6.54 Å². The third kappa shape index (κ3) is 2.73. The summed E-state index contributed by atoms with van der Waals surface area (Å²) in [6, 6.07) is 0. The van der Waals surface area contributed by atoms with E-state index in [2.05, 4.69) is 59.3 Å². The van der Waals surface area contributed by atoms with E-state index in [1.807, 2.05) is 0 Å². The van der Waals surface area contributed by atoms with E-state index in [1.165, 1.54) is 12.8 Å². The summed E-state index contributed by atoms with van der Waals surface area (Å²) < 4.78 is 3.22. The van der Waals surface area contributed by atoms with Gasteiger partial charge in [-0.05, 0) is 23.7 Å². The van der Waals surface area contributed by atoms with E-state index in [0.29, 0.717) is 10.8 Å². The Morgan fingerprint density at radius 2 is 1.92 bits per heavy atom. The molecule has 0 aromatic rings. The molecule has 0 amide bonds. The van der Waals surface area contributed by atoms with Crippen molar-refractivity contribution in [2.45, 2.75) is 33.6 Å². The second kappa shape index (κ2) is 3.66. The van der Waals surface area contributed by atoms with E-state index in [1.54, 1.807) is 0 Å². The summed E-state index contributed by atoms with van der Waals surface area (Å²) in [7, 11) is 0. The van der Waals surface area contributed by atoms with E-state index in [-0.39, 0.29) is 0 Å². The van der Waals surface area contributed by atoms with Crippen LogP contribution < -0.4 is 3.53 Å². The van der Waals surface area contributed by atoms with Crippen LogP contribution in [0, 0.1) is 10.8 Å². The van der Waals surface area contributed by atoms with E-state index in [9.17, 15) is 0 Å². The summed E-state index contributed by atoms with van der Waals surface area (Å²) in [5.41, 5.74) is 0.807. The van der Waals surface area contributed by atoms with E-state index in [4.69, 9.17) is 0 Å². The molecule has 1 atom stereocenters. The van der Waals surface area contributed by atoms with Gasteiger partial charge in [-0.3, -0.25) is 3.53 Å². The number of nitrogens with one attached hydrogen (secondary N) is 1. The van der Waals surface area contributed by atoms with Crippen molar-refractivity contribution in [3.8, 4) is 0 Å². The Labute approximate surface area is 89.5 Å². The second-order valence-electron chi connectivity index (χ2n) is 4.79. The number of rotatable bonds is 2. The summed E-state index contributed by atoms with van der Waals surface area (Å²) in [4.78, 5) is 0. The average Bonchev–Trinajstić information content (AvgIpc) is 1.98. The van der Waals surface area contributed by atoms with Gasteiger partial charge >= 0.3 is 0 Å². The molecule has 1 N–H and O–H groups in total. The SMILES string of the molecule is CC1(C)C=CC(C)(CNI)CC1. The minimum atomic E-state index is 0.386. The Morgan fingerprint density at radius 3 is 2.33 bits per heavy atom. The largest absolute Gasteiger partial charge is 0.260 e. The third-order valence-electron chi connectivity index (χ3n) is 2.75. The standard InChI is InChI=1S/C10H18IN/c1-9(2)4-6-10(3,7-5-9)8-12-11/h4,6,12H,5,7-8H2,1-3H3. The topological polar surface area (TPSA) is 12.0 Å². The van der Waals surface area contributed by atoms with Crippen molar-refractivity contribution in [2.24, 2.45) is 10.8 Å². The van der Waals surface area contributed by atoms with Crippen LogP contribution in [0.15, 0.2) is 12.2 Å². The highest BCUT2D eigenvalue weighted by atomic mass is 127. The minimum absolute atomic E-state index is 0.386. The molecule has 1 unspecified atom stereocenters. The van der Waals surface area contributed by atoms with Crippen LogP contribution in [0.1, 0.15) is 33.6 Å². The number of hydrogen-bond donors (Lipinski definition) is 1. The third-order valence-corrected chi connectivity index (χ3v) is 3.13. The molecule has 70 valence electrons. The van der Waals surface area contributed by atoms with Crippen LogP contribution in [0.25, 0.3) is 0 Å². The summed E-state index contributed by atoms with van der Waals surface area (Å²) in [5, 5.41) is 0. The van der Waals surface area contributed by atoms with Crippen molar-refractivity contribution in [2.75, 3.05) is 6.54 Å². The first-order valence-electron chi connectivity index (χ1n) is 4.51. The van der Waals surface area contributed by atoms with E-state index >= 15 is 0 Å². The first-order chi connectivity index (χ1) is 5.47. The molecule has 1 nitrogen and oxygen atoms in total. The van der Waals surface area contributed by atoms with Gasteiger partial charge < -0.3 is 0 Å². The fourth-order valence-electron chi connectivity index (χ4n) is 1.50. The minimum Gasteiger partial charge on any atom is -0.260 e. The Balaban J connectivity index is 2.63. The maximum atomic E-state index is 3.22. The van der Waals surface area contributed by atoms with Gasteiger partial charge in [-0.1, -0.05) is 32.9 Å². The van der Waals surface area contributed by atoms with Crippen LogP contribution in [0.5, 0.6) is 0 Å². The maximum absolute atomic E-state index is 3.22. The monoisotopic (exact) mass is 279 g/mol. The van der Waals surface area contributed by atoms with Crippen LogP contribution in [0.4, 0.5) is 0 Å². The molecule has 0 spiro atoms. The normalized spacial score (nSPS) is 33.7. The molecule has 0 aromatic carbocycles. The quantitative estimate of drug-likeness (QED) is 0.464. The first kappa shape index (κ1) is 10.5. The van der Waals surface area contributed by atoms with Crippen molar-refractivity contribution < 1.29 is 0 Å². The number of hydrogen-bond acceptors (Lipinski definition) is 1. The Bertz CT molecular complexity index is 186. The zero-order valence-corrected chi connectivity index (χ0v) is 10.3. The highest BCUT2D eigenvalue weighted by molar-refractivity contribution is 14.1. The lowest BCUT2D eigenvalue weighted by Gasteiger charge is -2.35. The molecule has 0 aliphatic heterocycles. The van der Waals surface area contributed by atoms with Gasteiger partial charge in [0.2, 0.25) is 0 Å². The lowest BCUT2D eigenvalue weighted by molar-refractivity contribution is 0.283. The van der Waals surface area contributed by atoms with Gasteiger partial charge in [-0.25, -0.2) is 0 Å². The molecule has 1 aliphatic carbocycles. The van der Waals surface area contributed by atoms with Gasteiger partial charge in [-0.2, -0.15) is 0 Å². The number of allylic oxidation sites excluding steroid dienone is 1. The molecule has 12 heavy (non-hydrogen) atoms. The molecule has 0 saturated carbocycles. The lowest BCUT2D eigenvalue weighted by atomic mass is 9.72. The Morgan fingerprint density at radius 1 is 1.25 bits per heavy atom. The van der Waals surface area contributed by atoms with Gasteiger partial charge in [0, 0.05) is 29.4 Å². The first-order valence-corrected chi connectivity index (χ1v) is 5.59. The average molecular weight is 279 g/mol. The van der Waals surface area contributed by atoms with Crippen LogP contribution in [0.3, 0.4) is 0 Å². The van der Waals surface area contributed by atoms with Gasteiger partial charge in [0.1, 0.15) is 0 Å². The van der Waals surface area contributed by atoms with E-state index in [0.717, 1.165) is 6.54 Å². The number of halogens is 1. The summed E-state index contributed by atoms with van der Waals surface area (Å²) >= 11 is 2.22. The zero-order chi connectivity index (χ0) is 9.24. The second-order valence-corrected chi connectivity index (χ2v) is 5.55. The summed E-state index contributed by atoms with van der Waals surface area (Å²) in [5.74, 6) is 0. The predicted octanol–water partition coefficient (Wildman–Crippen LogP) is 3.31. The lowest BCUT2D eigenvalue weighted by Crippen LogP contribution is -2.30. The van der Waals surface area contributed by atoms with Crippen molar-refractivity contribution in [3.63, 3.8) is 0 Å². The molecule has 1 aliphatic rings. The molecule has 0 saturated heterocycles. The molecule has 0 fully saturated rings. The Hall–Kier alpha value is 0.430. The predicted molar refractivity (Wildman–Crippen MR) is 62.3 cm³/mol. The molecular formula is C10H18IN. The van der Waals surface area contributed by atoms with Gasteiger partial charge in [0.25, 0.3) is 0 Å². The molecule has 2 heteroatoms. The molecule has 0 aromatic heterocycles. The fourth-order valence-corrected chi connectivity index (χ4v) is 2.37. The fraction of sp³-hybridized carbons (Fsp3) is 0.800. The van der Waals surface area contributed by atoms with Crippen molar-refractivity contribution in [1.82, 2.24) is 3.53 Å². The summed E-state index contributed by atoms with van der Waals surface area (Å²) in [6.07, 6.45) is 7.34. The maximum Gasteiger partial charge on any atom is 0.0169 e. The molecular weight excluding hydrogens is 261 g/mol. The summed E-state index contributed by atoms with van der Waals surface area (Å²) in [6.45, 7) is 8.02. The van der Waals surface area contributed by atoms with Crippen molar-refractivity contribution in [1.29, 1.82) is 0 Å². The smallest absolute Gasteiger partial charge is 0.0169 e. The highest BCUT2D eigenvalue weighted by Crippen LogP contribution is 2.38. The van der Waals surface area contributed by atoms with Crippen LogP contribution >= 0.6 is 22.9 Å². The van der Waals surface area contributed by atoms with Crippen LogP contribution in [-0.2, 0) is 0 Å². The zero-order valence-electron chi connectivity index (χ0n) is 8.15. The van der Waals surface area contributed by atoms with Gasteiger partial charge in [-0.15, -0.1) is 0 Å². The molecule has 1 rings (SSSR count). The molecule has 0 heterocycles. The molecule has 0 bridgehead atoms. The van der Waals surface area contributed by atoms with Crippen molar-refractivity contribution in [3.05, 3.63) is 12.2 Å². The van der Waals surface area contributed by atoms with Crippen LogP contribution in [0.2, 0.25) is 0 Å². The van der Waals surface area contributed by atoms with Crippen molar-refractivity contribution >= 4 is 22.9 Å².